The highest BCUT2D eigenvalue weighted by Crippen LogP contribution is 2.59. The van der Waals surface area contributed by atoms with Gasteiger partial charge in [0.1, 0.15) is 0 Å². The highest BCUT2D eigenvalue weighted by molar-refractivity contribution is 9.10. The van der Waals surface area contributed by atoms with Crippen LogP contribution in [0.4, 0.5) is 0 Å². The molecule has 9 heteroatoms. The molecular weight excluding hydrogens is 486 g/mol. The van der Waals surface area contributed by atoms with Crippen molar-refractivity contribution in [3.05, 3.63) is 46.4 Å². The SMILES string of the molecule is Cc1ncoc1-c1nnc(SCCCN2C[C@H]3C[C@@]3(c3cccc(Br)c3)C2)n1C.Cl. The van der Waals surface area contributed by atoms with Crippen molar-refractivity contribution < 1.29 is 4.42 Å². The van der Waals surface area contributed by atoms with Gasteiger partial charge in [0.2, 0.25) is 5.82 Å². The van der Waals surface area contributed by atoms with E-state index in [2.05, 4.69) is 60.3 Å². The lowest BCUT2D eigenvalue weighted by molar-refractivity contribution is 0.299. The third-order valence-corrected chi connectivity index (χ3v) is 7.85. The number of likely N-dealkylation sites (tertiary alicyclic amines) is 1. The molecule has 0 bridgehead atoms. The minimum Gasteiger partial charge on any atom is -0.440 e. The summed E-state index contributed by atoms with van der Waals surface area (Å²) >= 11 is 5.38. The zero-order valence-corrected chi connectivity index (χ0v) is 20.3. The summed E-state index contributed by atoms with van der Waals surface area (Å²) < 4.78 is 8.63. The topological polar surface area (TPSA) is 60.0 Å². The quantitative estimate of drug-likeness (QED) is 0.339. The molecule has 1 aliphatic carbocycles. The summed E-state index contributed by atoms with van der Waals surface area (Å²) in [6.07, 6.45) is 3.95. The van der Waals surface area contributed by atoms with Crippen LogP contribution in [0.15, 0.2) is 44.7 Å². The Morgan fingerprint density at radius 3 is 2.97 bits per heavy atom. The second kappa shape index (κ2) is 8.65. The van der Waals surface area contributed by atoms with E-state index < -0.39 is 0 Å². The molecule has 3 heterocycles. The predicted molar refractivity (Wildman–Crippen MR) is 124 cm³/mol. The van der Waals surface area contributed by atoms with E-state index in [-0.39, 0.29) is 12.4 Å². The maximum absolute atomic E-state index is 5.45. The van der Waals surface area contributed by atoms with Gasteiger partial charge in [0.05, 0.1) is 5.69 Å². The molecule has 0 radical (unpaired) electrons. The summed E-state index contributed by atoms with van der Waals surface area (Å²) in [5.41, 5.74) is 2.75. The molecule has 3 aromatic rings. The van der Waals surface area contributed by atoms with E-state index in [9.17, 15) is 0 Å². The molecule has 6 nitrogen and oxygen atoms in total. The fourth-order valence-electron chi connectivity index (χ4n) is 4.61. The lowest BCUT2D eigenvalue weighted by Gasteiger charge is -2.21. The summed E-state index contributed by atoms with van der Waals surface area (Å²) in [5, 5.41) is 9.54. The van der Waals surface area contributed by atoms with E-state index in [4.69, 9.17) is 4.42 Å². The Bertz CT molecular complexity index is 1040. The molecule has 2 fully saturated rings. The number of aromatic nitrogens is 4. The van der Waals surface area contributed by atoms with Gasteiger partial charge in [-0.2, -0.15) is 0 Å². The van der Waals surface area contributed by atoms with Crippen molar-refractivity contribution >= 4 is 40.1 Å². The van der Waals surface area contributed by atoms with Crippen LogP contribution in [0.5, 0.6) is 0 Å². The second-order valence-corrected chi connectivity index (χ2v) is 10.1. The van der Waals surface area contributed by atoms with Crippen LogP contribution in [0.2, 0.25) is 0 Å². The Kier molecular flexibility index (Phi) is 6.30. The minimum absolute atomic E-state index is 0. The highest BCUT2D eigenvalue weighted by atomic mass is 79.9. The number of aryl methyl sites for hydroxylation is 1. The number of halogens is 2. The van der Waals surface area contributed by atoms with Crippen molar-refractivity contribution in [3.63, 3.8) is 0 Å². The van der Waals surface area contributed by atoms with Crippen LogP contribution in [-0.4, -0.2) is 50.0 Å². The van der Waals surface area contributed by atoms with Gasteiger partial charge in [-0.15, -0.1) is 22.6 Å². The largest absolute Gasteiger partial charge is 0.440 e. The molecule has 0 amide bonds. The van der Waals surface area contributed by atoms with Crippen LogP contribution in [0.25, 0.3) is 11.6 Å². The Labute approximate surface area is 195 Å². The monoisotopic (exact) mass is 509 g/mol. The van der Waals surface area contributed by atoms with Crippen LogP contribution >= 0.6 is 40.1 Å². The smallest absolute Gasteiger partial charge is 0.202 e. The van der Waals surface area contributed by atoms with Gasteiger partial charge in [-0.3, -0.25) is 0 Å². The van der Waals surface area contributed by atoms with Gasteiger partial charge in [-0.1, -0.05) is 39.8 Å². The fraction of sp³-hybridized carbons (Fsp3) is 0.476. The number of fused-ring (bicyclic) bond motifs is 1. The van der Waals surface area contributed by atoms with Crippen LogP contribution in [0, 0.1) is 12.8 Å². The Hall–Kier alpha value is -1.35. The maximum Gasteiger partial charge on any atom is 0.202 e. The lowest BCUT2D eigenvalue weighted by Crippen LogP contribution is -2.27. The number of piperidine rings is 1. The first-order valence-electron chi connectivity index (χ1n) is 9.98. The van der Waals surface area contributed by atoms with Gasteiger partial charge in [0, 0.05) is 35.8 Å². The average molecular weight is 511 g/mol. The fourth-order valence-corrected chi connectivity index (χ4v) is 5.84. The zero-order chi connectivity index (χ0) is 20.0. The summed E-state index contributed by atoms with van der Waals surface area (Å²) in [6.45, 7) is 5.49. The van der Waals surface area contributed by atoms with Crippen molar-refractivity contribution in [1.82, 2.24) is 24.6 Å². The number of hydrogen-bond acceptors (Lipinski definition) is 6. The Balaban J connectivity index is 0.00000218. The van der Waals surface area contributed by atoms with Crippen LogP contribution in [0.1, 0.15) is 24.1 Å². The first-order chi connectivity index (χ1) is 14.1. The number of rotatable bonds is 7. The van der Waals surface area contributed by atoms with Crippen LogP contribution < -0.4 is 0 Å². The average Bonchev–Trinajstić information content (AvgIpc) is 3.01. The molecule has 30 heavy (non-hydrogen) atoms. The molecule has 1 aliphatic heterocycles. The zero-order valence-electron chi connectivity index (χ0n) is 17.0. The molecule has 0 N–H and O–H groups in total. The van der Waals surface area contributed by atoms with E-state index >= 15 is 0 Å². The highest BCUT2D eigenvalue weighted by Gasteiger charge is 2.60. The number of nitrogens with zero attached hydrogens (tertiary/aromatic N) is 5. The van der Waals surface area contributed by atoms with Crippen molar-refractivity contribution in [2.45, 2.75) is 30.3 Å². The molecule has 160 valence electrons. The van der Waals surface area contributed by atoms with E-state index in [1.807, 2.05) is 18.5 Å². The molecule has 1 saturated heterocycles. The molecule has 0 unspecified atom stereocenters. The van der Waals surface area contributed by atoms with E-state index in [0.29, 0.717) is 11.2 Å². The number of hydrogen-bond donors (Lipinski definition) is 0. The van der Waals surface area contributed by atoms with Crippen LogP contribution in [0.3, 0.4) is 0 Å². The van der Waals surface area contributed by atoms with Gasteiger partial charge < -0.3 is 13.9 Å². The van der Waals surface area contributed by atoms with Gasteiger partial charge >= 0.3 is 0 Å². The second-order valence-electron chi connectivity index (χ2n) is 8.14. The molecular formula is C21H25BrClN5OS. The van der Waals surface area contributed by atoms with E-state index in [1.54, 1.807) is 11.8 Å². The van der Waals surface area contributed by atoms with Crippen molar-refractivity contribution in [2.24, 2.45) is 13.0 Å². The van der Waals surface area contributed by atoms with E-state index in [1.165, 1.54) is 35.9 Å². The molecule has 5 rings (SSSR count). The van der Waals surface area contributed by atoms with Gasteiger partial charge in [0.25, 0.3) is 0 Å². The number of thioether (sulfide) groups is 1. The standard InChI is InChI=1S/C21H24BrN5OS.ClH/c1-14-18(28-13-23-14)19-24-25-20(26(19)2)29-8-4-7-27-11-16-10-21(16,12-27)15-5-3-6-17(22)9-15;/h3,5-6,9,13,16H,4,7-8,10-12H2,1-2H3;1H/t16-,21+;/m1./s1. The van der Waals surface area contributed by atoms with Gasteiger partial charge in [-0.05, 0) is 49.9 Å². The Morgan fingerprint density at radius 2 is 2.20 bits per heavy atom. The van der Waals surface area contributed by atoms with Gasteiger partial charge in [0.15, 0.2) is 17.3 Å². The van der Waals surface area contributed by atoms with Crippen molar-refractivity contribution in [2.75, 3.05) is 25.4 Å². The molecule has 1 aromatic carbocycles. The molecule has 1 saturated carbocycles. The molecule has 2 aliphatic rings. The summed E-state index contributed by atoms with van der Waals surface area (Å²) in [6, 6.07) is 8.88. The first kappa shape index (κ1) is 21.9. The lowest BCUT2D eigenvalue weighted by atomic mass is 9.95. The first-order valence-corrected chi connectivity index (χ1v) is 11.8. The third kappa shape index (κ3) is 3.95. The predicted octanol–water partition coefficient (Wildman–Crippen LogP) is 4.72. The molecule has 2 atom stereocenters. The summed E-state index contributed by atoms with van der Waals surface area (Å²) in [7, 11) is 1.98. The van der Waals surface area contributed by atoms with E-state index in [0.717, 1.165) is 41.3 Å². The van der Waals surface area contributed by atoms with Crippen LogP contribution in [-0.2, 0) is 12.5 Å². The maximum atomic E-state index is 5.45. The molecule has 0 spiro atoms. The minimum atomic E-state index is 0. The normalized spacial score (nSPS) is 22.7. The molecule has 2 aromatic heterocycles. The summed E-state index contributed by atoms with van der Waals surface area (Å²) in [5.74, 6) is 3.29. The summed E-state index contributed by atoms with van der Waals surface area (Å²) in [4.78, 5) is 6.78. The third-order valence-electron chi connectivity index (χ3n) is 6.25. The van der Waals surface area contributed by atoms with Crippen molar-refractivity contribution in [3.8, 4) is 11.6 Å². The number of oxazole rings is 1. The van der Waals surface area contributed by atoms with Gasteiger partial charge in [-0.25, -0.2) is 4.98 Å². The number of benzene rings is 1. The Morgan fingerprint density at radius 1 is 1.33 bits per heavy atom. The van der Waals surface area contributed by atoms with Crippen molar-refractivity contribution in [1.29, 1.82) is 0 Å².